The largest absolute Gasteiger partial charge is 0.384 e. The molecule has 3 nitrogen and oxygen atoms in total. The van der Waals surface area contributed by atoms with Crippen molar-refractivity contribution >= 4 is 16.7 Å². The van der Waals surface area contributed by atoms with Crippen LogP contribution >= 0.6 is 0 Å². The van der Waals surface area contributed by atoms with Gasteiger partial charge in [0.05, 0.1) is 11.0 Å². The van der Waals surface area contributed by atoms with Gasteiger partial charge in [-0.15, -0.1) is 0 Å². The van der Waals surface area contributed by atoms with Gasteiger partial charge in [0.1, 0.15) is 5.82 Å². The first-order valence-corrected chi connectivity index (χ1v) is 6.73. The van der Waals surface area contributed by atoms with E-state index in [-0.39, 0.29) is 0 Å². The standard InChI is InChI=1S/C16H15N3/c1-2-9-14-13(8-1)18-16(19-14)12-7-3-5-11-6-4-10-17-15(11)12/h1-3,5,7-9,17H,4,6,10H2,(H,18,19). The number of imidazole rings is 1. The predicted octanol–water partition coefficient (Wildman–Crippen LogP) is 3.59. The molecule has 0 atom stereocenters. The molecule has 0 unspecified atom stereocenters. The number of fused-ring (bicyclic) bond motifs is 2. The number of benzene rings is 2. The number of H-pyrrole nitrogens is 1. The zero-order valence-electron chi connectivity index (χ0n) is 10.6. The maximum atomic E-state index is 4.70. The summed E-state index contributed by atoms with van der Waals surface area (Å²) in [6, 6.07) is 14.6. The molecule has 0 aliphatic carbocycles. The SMILES string of the molecule is c1cc2c(c(-c3nc4ccccc4[nH]3)c1)NCCC2. The molecule has 2 N–H and O–H groups in total. The fraction of sp³-hybridized carbons (Fsp3) is 0.188. The molecule has 19 heavy (non-hydrogen) atoms. The molecule has 94 valence electrons. The monoisotopic (exact) mass is 249 g/mol. The molecule has 0 bridgehead atoms. The number of nitrogens with zero attached hydrogens (tertiary/aromatic N) is 1. The van der Waals surface area contributed by atoms with Crippen molar-refractivity contribution in [2.75, 3.05) is 11.9 Å². The smallest absolute Gasteiger partial charge is 0.140 e. The third kappa shape index (κ3) is 1.70. The van der Waals surface area contributed by atoms with E-state index >= 15 is 0 Å². The van der Waals surface area contributed by atoms with Crippen LogP contribution in [-0.4, -0.2) is 16.5 Å². The third-order valence-electron chi connectivity index (χ3n) is 3.72. The quantitative estimate of drug-likeness (QED) is 0.692. The van der Waals surface area contributed by atoms with Crippen LogP contribution in [0.4, 0.5) is 5.69 Å². The molecule has 1 aromatic heterocycles. The summed E-state index contributed by atoms with van der Waals surface area (Å²) >= 11 is 0. The second-order valence-electron chi connectivity index (χ2n) is 4.97. The first-order chi connectivity index (χ1) is 9.42. The number of nitrogens with one attached hydrogen (secondary N) is 2. The van der Waals surface area contributed by atoms with Crippen LogP contribution in [0, 0.1) is 0 Å². The van der Waals surface area contributed by atoms with E-state index in [1.165, 1.54) is 23.2 Å². The summed E-state index contributed by atoms with van der Waals surface area (Å²) in [5.41, 5.74) is 5.92. The first kappa shape index (κ1) is 10.6. The minimum atomic E-state index is 0.951. The lowest BCUT2D eigenvalue weighted by molar-refractivity contribution is 0.830. The third-order valence-corrected chi connectivity index (χ3v) is 3.72. The van der Waals surface area contributed by atoms with Gasteiger partial charge in [-0.25, -0.2) is 4.98 Å². The average molecular weight is 249 g/mol. The highest BCUT2D eigenvalue weighted by molar-refractivity contribution is 5.84. The number of hydrogen-bond donors (Lipinski definition) is 2. The normalized spacial score (nSPS) is 14.1. The molecule has 0 spiro atoms. The molecule has 3 aromatic rings. The lowest BCUT2D eigenvalue weighted by atomic mass is 9.99. The van der Waals surface area contributed by atoms with E-state index in [1.807, 2.05) is 18.2 Å². The van der Waals surface area contributed by atoms with E-state index in [2.05, 4.69) is 34.6 Å². The summed E-state index contributed by atoms with van der Waals surface area (Å²) in [5, 5.41) is 3.51. The topological polar surface area (TPSA) is 40.7 Å². The van der Waals surface area contributed by atoms with Crippen LogP contribution in [0.5, 0.6) is 0 Å². The number of aromatic nitrogens is 2. The Morgan fingerprint density at radius 2 is 1.95 bits per heavy atom. The van der Waals surface area contributed by atoms with Gasteiger partial charge in [0, 0.05) is 17.8 Å². The maximum Gasteiger partial charge on any atom is 0.140 e. The van der Waals surface area contributed by atoms with Crippen LogP contribution in [0.15, 0.2) is 42.5 Å². The molecule has 0 saturated carbocycles. The molecule has 1 aliphatic heterocycles. The van der Waals surface area contributed by atoms with Gasteiger partial charge in [0.2, 0.25) is 0 Å². The number of anilines is 1. The van der Waals surface area contributed by atoms with Gasteiger partial charge in [0.15, 0.2) is 0 Å². The van der Waals surface area contributed by atoms with Crippen LogP contribution in [0.3, 0.4) is 0 Å². The molecule has 2 heterocycles. The number of para-hydroxylation sites is 3. The molecular formula is C16H15N3. The van der Waals surface area contributed by atoms with Gasteiger partial charge in [-0.2, -0.15) is 0 Å². The first-order valence-electron chi connectivity index (χ1n) is 6.73. The second-order valence-corrected chi connectivity index (χ2v) is 4.97. The molecule has 2 aromatic carbocycles. The molecule has 1 aliphatic rings. The molecule has 3 heteroatoms. The van der Waals surface area contributed by atoms with Gasteiger partial charge in [-0.1, -0.05) is 24.3 Å². The Labute approximate surface area is 111 Å². The van der Waals surface area contributed by atoms with E-state index in [9.17, 15) is 0 Å². The number of hydrogen-bond acceptors (Lipinski definition) is 2. The van der Waals surface area contributed by atoms with E-state index in [0.717, 1.165) is 29.8 Å². The zero-order valence-corrected chi connectivity index (χ0v) is 10.6. The summed E-state index contributed by atoms with van der Waals surface area (Å²) < 4.78 is 0. The Kier molecular flexibility index (Phi) is 2.30. The summed E-state index contributed by atoms with van der Waals surface area (Å²) in [6.07, 6.45) is 2.35. The van der Waals surface area contributed by atoms with Crippen molar-refractivity contribution in [2.45, 2.75) is 12.8 Å². The van der Waals surface area contributed by atoms with Crippen LogP contribution < -0.4 is 5.32 Å². The number of rotatable bonds is 1. The van der Waals surface area contributed by atoms with E-state index in [1.54, 1.807) is 0 Å². The van der Waals surface area contributed by atoms with Gasteiger partial charge in [-0.05, 0) is 36.6 Å². The Morgan fingerprint density at radius 3 is 2.89 bits per heavy atom. The van der Waals surface area contributed by atoms with E-state index in [4.69, 9.17) is 4.98 Å². The van der Waals surface area contributed by atoms with Crippen LogP contribution in [0.25, 0.3) is 22.4 Å². The van der Waals surface area contributed by atoms with Gasteiger partial charge >= 0.3 is 0 Å². The van der Waals surface area contributed by atoms with Crippen molar-refractivity contribution in [3.8, 4) is 11.4 Å². The molecule has 0 fully saturated rings. The number of aromatic amines is 1. The molecule has 4 rings (SSSR count). The van der Waals surface area contributed by atoms with E-state index in [0.29, 0.717) is 0 Å². The van der Waals surface area contributed by atoms with Gasteiger partial charge in [0.25, 0.3) is 0 Å². The Balaban J connectivity index is 1.92. The minimum Gasteiger partial charge on any atom is -0.384 e. The molecular weight excluding hydrogens is 234 g/mol. The Hall–Kier alpha value is -2.29. The van der Waals surface area contributed by atoms with Crippen molar-refractivity contribution in [3.63, 3.8) is 0 Å². The Bertz CT molecular complexity index is 710. The fourth-order valence-electron chi connectivity index (χ4n) is 2.79. The van der Waals surface area contributed by atoms with Crippen LogP contribution in [0.2, 0.25) is 0 Å². The second kappa shape index (κ2) is 4.12. The van der Waals surface area contributed by atoms with Crippen molar-refractivity contribution in [2.24, 2.45) is 0 Å². The summed E-state index contributed by atoms with van der Waals surface area (Å²) in [7, 11) is 0. The highest BCUT2D eigenvalue weighted by Crippen LogP contribution is 2.33. The lowest BCUT2D eigenvalue weighted by Gasteiger charge is -2.20. The van der Waals surface area contributed by atoms with Crippen molar-refractivity contribution < 1.29 is 0 Å². The summed E-state index contributed by atoms with van der Waals surface area (Å²) in [5.74, 6) is 0.951. The molecule has 0 amide bonds. The average Bonchev–Trinajstić information content (AvgIpc) is 2.90. The van der Waals surface area contributed by atoms with Gasteiger partial charge < -0.3 is 10.3 Å². The number of aryl methyl sites for hydroxylation is 1. The Morgan fingerprint density at radius 1 is 1.00 bits per heavy atom. The molecule has 0 radical (unpaired) electrons. The van der Waals surface area contributed by atoms with Crippen LogP contribution in [-0.2, 0) is 6.42 Å². The molecule has 0 saturated heterocycles. The van der Waals surface area contributed by atoms with Gasteiger partial charge in [-0.3, -0.25) is 0 Å². The lowest BCUT2D eigenvalue weighted by Crippen LogP contribution is -2.12. The summed E-state index contributed by atoms with van der Waals surface area (Å²) in [4.78, 5) is 8.11. The highest BCUT2D eigenvalue weighted by atomic mass is 14.9. The minimum absolute atomic E-state index is 0.951. The van der Waals surface area contributed by atoms with Crippen molar-refractivity contribution in [1.29, 1.82) is 0 Å². The van der Waals surface area contributed by atoms with E-state index < -0.39 is 0 Å². The summed E-state index contributed by atoms with van der Waals surface area (Å²) in [6.45, 7) is 1.05. The van der Waals surface area contributed by atoms with Crippen molar-refractivity contribution in [1.82, 2.24) is 9.97 Å². The van der Waals surface area contributed by atoms with Crippen LogP contribution in [0.1, 0.15) is 12.0 Å². The predicted molar refractivity (Wildman–Crippen MR) is 78.3 cm³/mol. The zero-order chi connectivity index (χ0) is 12.7. The fourth-order valence-corrected chi connectivity index (χ4v) is 2.79. The highest BCUT2D eigenvalue weighted by Gasteiger charge is 2.15. The van der Waals surface area contributed by atoms with Crippen molar-refractivity contribution in [3.05, 3.63) is 48.0 Å². The maximum absolute atomic E-state index is 4.70.